The number of amides is 1. The molecule has 1 N–H and O–H groups in total. The van der Waals surface area contributed by atoms with Gasteiger partial charge in [0.15, 0.2) is 0 Å². The first kappa shape index (κ1) is 11.5. The van der Waals surface area contributed by atoms with Crippen molar-refractivity contribution in [3.8, 4) is 0 Å². The molecule has 5 heteroatoms. The number of hydrogen-bond acceptors (Lipinski definition) is 4. The van der Waals surface area contributed by atoms with Crippen molar-refractivity contribution in [1.82, 2.24) is 9.88 Å². The number of β-amino-alcohol motifs (C(OH)–C–C–N with tert-alkyl or cyclic N) is 1. The van der Waals surface area contributed by atoms with Crippen LogP contribution in [-0.4, -0.2) is 39.6 Å². The Kier molecular flexibility index (Phi) is 2.99. The van der Waals surface area contributed by atoms with Gasteiger partial charge in [0.05, 0.1) is 23.7 Å². The topological polar surface area (TPSA) is 53.4 Å². The zero-order chi connectivity index (χ0) is 11.8. The minimum Gasteiger partial charge on any atom is -0.386 e. The highest BCUT2D eigenvalue weighted by atomic mass is 32.1. The number of aromatic nitrogens is 1. The van der Waals surface area contributed by atoms with Crippen LogP contribution in [-0.2, 0) is 0 Å². The van der Waals surface area contributed by atoms with E-state index in [9.17, 15) is 9.90 Å². The van der Waals surface area contributed by atoms with Crippen LogP contribution >= 0.6 is 11.3 Å². The van der Waals surface area contributed by atoms with E-state index in [-0.39, 0.29) is 5.91 Å². The predicted molar refractivity (Wildman–Crippen MR) is 62.6 cm³/mol. The highest BCUT2D eigenvalue weighted by molar-refractivity contribution is 7.09. The van der Waals surface area contributed by atoms with Gasteiger partial charge < -0.3 is 10.0 Å². The summed E-state index contributed by atoms with van der Waals surface area (Å²) < 4.78 is 0. The normalized spacial score (nSPS) is 18.3. The molecule has 0 atom stereocenters. The Bertz CT molecular complexity index is 396. The standard InChI is InChI=1S/C11H16N2O2S/c1-3-4-11(15)6-13(7-11)10(14)9-5-16-8(2)12-9/h5,15H,3-4,6-7H2,1-2H3. The molecule has 2 heterocycles. The van der Waals surface area contributed by atoms with Crippen molar-refractivity contribution in [3.63, 3.8) is 0 Å². The van der Waals surface area contributed by atoms with E-state index in [2.05, 4.69) is 4.98 Å². The van der Waals surface area contributed by atoms with Crippen molar-refractivity contribution in [1.29, 1.82) is 0 Å². The average molecular weight is 240 g/mol. The molecule has 1 saturated heterocycles. The molecule has 1 aromatic rings. The van der Waals surface area contributed by atoms with Crippen molar-refractivity contribution in [2.24, 2.45) is 0 Å². The van der Waals surface area contributed by atoms with E-state index < -0.39 is 5.60 Å². The lowest BCUT2D eigenvalue weighted by molar-refractivity contribution is -0.0861. The van der Waals surface area contributed by atoms with Crippen LogP contribution in [0.5, 0.6) is 0 Å². The van der Waals surface area contributed by atoms with Crippen LogP contribution in [0.3, 0.4) is 0 Å². The molecule has 0 unspecified atom stereocenters. The van der Waals surface area contributed by atoms with Crippen molar-refractivity contribution < 1.29 is 9.90 Å². The van der Waals surface area contributed by atoms with Gasteiger partial charge in [-0.3, -0.25) is 4.79 Å². The molecule has 1 aliphatic heterocycles. The van der Waals surface area contributed by atoms with Crippen molar-refractivity contribution in [2.45, 2.75) is 32.3 Å². The van der Waals surface area contributed by atoms with Gasteiger partial charge >= 0.3 is 0 Å². The quantitative estimate of drug-likeness (QED) is 0.869. The van der Waals surface area contributed by atoms with Crippen molar-refractivity contribution in [3.05, 3.63) is 16.1 Å². The molecular formula is C11H16N2O2S. The minimum atomic E-state index is -0.657. The summed E-state index contributed by atoms with van der Waals surface area (Å²) in [7, 11) is 0. The maximum absolute atomic E-state index is 11.9. The average Bonchev–Trinajstić information content (AvgIpc) is 2.60. The Morgan fingerprint density at radius 1 is 1.69 bits per heavy atom. The maximum Gasteiger partial charge on any atom is 0.273 e. The largest absolute Gasteiger partial charge is 0.386 e. The Morgan fingerprint density at radius 3 is 2.88 bits per heavy atom. The third-order valence-corrected chi connectivity index (χ3v) is 3.58. The number of thiazole rings is 1. The predicted octanol–water partition coefficient (Wildman–Crippen LogP) is 1.44. The molecule has 1 aromatic heterocycles. The van der Waals surface area contributed by atoms with E-state index in [0.29, 0.717) is 18.8 Å². The number of aliphatic hydroxyl groups is 1. The Morgan fingerprint density at radius 2 is 2.38 bits per heavy atom. The molecule has 1 aliphatic rings. The summed E-state index contributed by atoms with van der Waals surface area (Å²) in [6.07, 6.45) is 1.70. The molecule has 0 radical (unpaired) electrons. The lowest BCUT2D eigenvalue weighted by Gasteiger charge is -2.46. The fourth-order valence-corrected chi connectivity index (χ4v) is 2.64. The lowest BCUT2D eigenvalue weighted by Crippen LogP contribution is -2.63. The number of rotatable bonds is 3. The molecule has 0 spiro atoms. The molecule has 1 amide bonds. The number of carbonyl (C=O) groups is 1. The third kappa shape index (κ3) is 2.10. The highest BCUT2D eigenvalue weighted by Crippen LogP contribution is 2.27. The molecule has 0 saturated carbocycles. The summed E-state index contributed by atoms with van der Waals surface area (Å²) in [6, 6.07) is 0. The Hall–Kier alpha value is -0.940. The molecule has 2 rings (SSSR count). The SMILES string of the molecule is CCCC1(O)CN(C(=O)c2csc(C)n2)C1. The molecular weight excluding hydrogens is 224 g/mol. The first-order valence-corrected chi connectivity index (χ1v) is 6.36. The monoisotopic (exact) mass is 240 g/mol. The van der Waals surface area contributed by atoms with Gasteiger partial charge in [-0.1, -0.05) is 13.3 Å². The molecule has 16 heavy (non-hydrogen) atoms. The fourth-order valence-electron chi connectivity index (χ4n) is 2.05. The summed E-state index contributed by atoms with van der Waals surface area (Å²) in [5, 5.41) is 12.6. The second-order valence-electron chi connectivity index (χ2n) is 4.39. The molecule has 1 fully saturated rings. The van der Waals surface area contributed by atoms with E-state index in [1.165, 1.54) is 11.3 Å². The van der Waals surface area contributed by atoms with E-state index >= 15 is 0 Å². The number of carbonyl (C=O) groups excluding carboxylic acids is 1. The smallest absolute Gasteiger partial charge is 0.273 e. The van der Waals surface area contributed by atoms with E-state index in [0.717, 1.165) is 17.8 Å². The van der Waals surface area contributed by atoms with Gasteiger partial charge in [0, 0.05) is 5.38 Å². The van der Waals surface area contributed by atoms with E-state index in [1.54, 1.807) is 10.3 Å². The van der Waals surface area contributed by atoms with Crippen LogP contribution in [0, 0.1) is 6.92 Å². The van der Waals surface area contributed by atoms with E-state index in [4.69, 9.17) is 0 Å². The second kappa shape index (κ2) is 4.14. The second-order valence-corrected chi connectivity index (χ2v) is 5.45. The highest BCUT2D eigenvalue weighted by Gasteiger charge is 2.43. The molecule has 88 valence electrons. The number of hydrogen-bond donors (Lipinski definition) is 1. The van der Waals surface area contributed by atoms with Crippen LogP contribution in [0.2, 0.25) is 0 Å². The number of aryl methyl sites for hydroxylation is 1. The van der Waals surface area contributed by atoms with Gasteiger partial charge in [-0.15, -0.1) is 11.3 Å². The van der Waals surface area contributed by atoms with Gasteiger partial charge in [0.25, 0.3) is 5.91 Å². The number of nitrogens with zero attached hydrogens (tertiary/aromatic N) is 2. The minimum absolute atomic E-state index is 0.0647. The van der Waals surface area contributed by atoms with E-state index in [1.807, 2.05) is 13.8 Å². The first-order valence-electron chi connectivity index (χ1n) is 5.48. The fraction of sp³-hybridized carbons (Fsp3) is 0.636. The van der Waals surface area contributed by atoms with Gasteiger partial charge in [-0.2, -0.15) is 0 Å². The molecule has 0 bridgehead atoms. The van der Waals surface area contributed by atoms with Crippen molar-refractivity contribution >= 4 is 17.2 Å². The first-order chi connectivity index (χ1) is 7.54. The van der Waals surface area contributed by atoms with Crippen LogP contribution in [0.1, 0.15) is 35.3 Å². The third-order valence-electron chi connectivity index (χ3n) is 2.81. The summed E-state index contributed by atoms with van der Waals surface area (Å²) in [5.74, 6) is -0.0647. The molecule has 0 aliphatic carbocycles. The molecule has 4 nitrogen and oxygen atoms in total. The zero-order valence-electron chi connectivity index (χ0n) is 9.56. The van der Waals surface area contributed by atoms with Crippen molar-refractivity contribution in [2.75, 3.05) is 13.1 Å². The maximum atomic E-state index is 11.9. The van der Waals surface area contributed by atoms with Gasteiger partial charge in [0.1, 0.15) is 5.69 Å². The van der Waals surface area contributed by atoms with Crippen LogP contribution in [0.15, 0.2) is 5.38 Å². The van der Waals surface area contributed by atoms with Crippen LogP contribution in [0.4, 0.5) is 0 Å². The lowest BCUT2D eigenvalue weighted by atomic mass is 9.89. The van der Waals surface area contributed by atoms with Crippen LogP contribution < -0.4 is 0 Å². The summed E-state index contributed by atoms with van der Waals surface area (Å²) in [5.41, 5.74) is -0.156. The Balaban J connectivity index is 1.95. The van der Waals surface area contributed by atoms with Gasteiger partial charge in [0.2, 0.25) is 0 Å². The number of likely N-dealkylation sites (tertiary alicyclic amines) is 1. The summed E-state index contributed by atoms with van der Waals surface area (Å²) >= 11 is 1.47. The van der Waals surface area contributed by atoms with Gasteiger partial charge in [-0.25, -0.2) is 4.98 Å². The summed E-state index contributed by atoms with van der Waals surface area (Å²) in [4.78, 5) is 17.7. The molecule has 0 aromatic carbocycles. The van der Waals surface area contributed by atoms with Crippen LogP contribution in [0.25, 0.3) is 0 Å². The van der Waals surface area contributed by atoms with Gasteiger partial charge in [-0.05, 0) is 13.3 Å². The summed E-state index contributed by atoms with van der Waals surface area (Å²) in [6.45, 7) is 4.80. The zero-order valence-corrected chi connectivity index (χ0v) is 10.4. The Labute approximate surface area is 98.9 Å².